The maximum absolute atomic E-state index is 12.4. The Morgan fingerprint density at radius 2 is 1.88 bits per heavy atom. The lowest BCUT2D eigenvalue weighted by molar-refractivity contribution is -0.148. The van der Waals surface area contributed by atoms with Crippen LogP contribution in [0, 0.1) is 5.92 Å². The Balaban J connectivity index is 1.94. The van der Waals surface area contributed by atoms with E-state index in [-0.39, 0.29) is 18.1 Å². The standard InChI is InChI=1S/C13H24N2O2/c1-9-8-17-10(2)7-15(9)13(16)11-3-5-12(14)6-4-11/h9-12H,3-8,14H2,1-2H3. The maximum atomic E-state index is 12.4. The monoisotopic (exact) mass is 240 g/mol. The van der Waals surface area contributed by atoms with E-state index in [2.05, 4.69) is 6.92 Å². The molecule has 1 aliphatic carbocycles. The molecule has 0 bridgehead atoms. The highest BCUT2D eigenvalue weighted by Gasteiger charge is 2.33. The normalized spacial score (nSPS) is 39.1. The number of hydrogen-bond acceptors (Lipinski definition) is 3. The van der Waals surface area contributed by atoms with Crippen LogP contribution < -0.4 is 5.73 Å². The number of morpholine rings is 1. The molecular weight excluding hydrogens is 216 g/mol. The van der Waals surface area contributed by atoms with Gasteiger partial charge in [0.2, 0.25) is 5.91 Å². The first-order chi connectivity index (χ1) is 8.08. The Bertz CT molecular complexity index is 275. The fraction of sp³-hybridized carbons (Fsp3) is 0.923. The van der Waals surface area contributed by atoms with E-state index in [0.29, 0.717) is 18.6 Å². The van der Waals surface area contributed by atoms with Gasteiger partial charge in [-0.2, -0.15) is 0 Å². The number of carbonyl (C=O) groups excluding carboxylic acids is 1. The lowest BCUT2D eigenvalue weighted by atomic mass is 9.85. The molecule has 0 radical (unpaired) electrons. The summed E-state index contributed by atoms with van der Waals surface area (Å²) in [5.74, 6) is 0.516. The number of amides is 1. The van der Waals surface area contributed by atoms with E-state index in [9.17, 15) is 4.79 Å². The summed E-state index contributed by atoms with van der Waals surface area (Å²) in [5, 5.41) is 0. The predicted octanol–water partition coefficient (Wildman–Crippen LogP) is 1.14. The molecule has 0 aromatic heterocycles. The van der Waals surface area contributed by atoms with Crippen molar-refractivity contribution >= 4 is 5.91 Å². The van der Waals surface area contributed by atoms with Gasteiger partial charge in [0.25, 0.3) is 0 Å². The van der Waals surface area contributed by atoms with Crippen LogP contribution in [0.1, 0.15) is 39.5 Å². The fourth-order valence-corrected chi connectivity index (χ4v) is 2.81. The van der Waals surface area contributed by atoms with Crippen molar-refractivity contribution < 1.29 is 9.53 Å². The van der Waals surface area contributed by atoms with E-state index in [1.165, 1.54) is 0 Å². The molecule has 1 saturated heterocycles. The molecule has 1 aliphatic heterocycles. The molecule has 1 amide bonds. The van der Waals surface area contributed by atoms with Gasteiger partial charge in [0.1, 0.15) is 0 Å². The van der Waals surface area contributed by atoms with Gasteiger partial charge in [0.15, 0.2) is 0 Å². The summed E-state index contributed by atoms with van der Waals surface area (Å²) in [6, 6.07) is 0.523. The molecule has 0 spiro atoms. The van der Waals surface area contributed by atoms with E-state index in [1.807, 2.05) is 11.8 Å². The van der Waals surface area contributed by atoms with Gasteiger partial charge in [-0.05, 0) is 39.5 Å². The van der Waals surface area contributed by atoms with Crippen LogP contribution in [0.5, 0.6) is 0 Å². The Hall–Kier alpha value is -0.610. The second-order valence-corrected chi connectivity index (χ2v) is 5.60. The lowest BCUT2D eigenvalue weighted by Crippen LogP contribution is -2.52. The van der Waals surface area contributed by atoms with Gasteiger partial charge in [-0.1, -0.05) is 0 Å². The highest BCUT2D eigenvalue weighted by Crippen LogP contribution is 2.26. The van der Waals surface area contributed by atoms with Crippen LogP contribution in [0.15, 0.2) is 0 Å². The fourth-order valence-electron chi connectivity index (χ4n) is 2.81. The Morgan fingerprint density at radius 3 is 2.53 bits per heavy atom. The minimum absolute atomic E-state index is 0.168. The highest BCUT2D eigenvalue weighted by molar-refractivity contribution is 5.79. The molecule has 4 nitrogen and oxygen atoms in total. The van der Waals surface area contributed by atoms with Crippen LogP contribution in [-0.2, 0) is 9.53 Å². The zero-order valence-corrected chi connectivity index (χ0v) is 10.9. The van der Waals surface area contributed by atoms with E-state index < -0.39 is 0 Å². The van der Waals surface area contributed by atoms with Crippen molar-refractivity contribution in [1.29, 1.82) is 0 Å². The smallest absolute Gasteiger partial charge is 0.226 e. The number of rotatable bonds is 1. The van der Waals surface area contributed by atoms with Crippen LogP contribution in [0.4, 0.5) is 0 Å². The summed E-state index contributed by atoms with van der Waals surface area (Å²) in [5.41, 5.74) is 5.88. The average Bonchev–Trinajstić information content (AvgIpc) is 2.32. The zero-order valence-electron chi connectivity index (χ0n) is 10.9. The van der Waals surface area contributed by atoms with Gasteiger partial charge in [-0.15, -0.1) is 0 Å². The van der Waals surface area contributed by atoms with Gasteiger partial charge in [-0.3, -0.25) is 4.79 Å². The van der Waals surface area contributed by atoms with Crippen molar-refractivity contribution in [1.82, 2.24) is 4.90 Å². The summed E-state index contributed by atoms with van der Waals surface area (Å²) in [6.45, 7) is 5.50. The number of nitrogens with two attached hydrogens (primary N) is 1. The average molecular weight is 240 g/mol. The zero-order chi connectivity index (χ0) is 12.4. The highest BCUT2D eigenvalue weighted by atomic mass is 16.5. The molecule has 0 aromatic carbocycles. The van der Waals surface area contributed by atoms with E-state index in [0.717, 1.165) is 32.2 Å². The summed E-state index contributed by atoms with van der Waals surface area (Å²) in [7, 11) is 0. The van der Waals surface area contributed by atoms with Gasteiger partial charge in [0, 0.05) is 18.5 Å². The molecule has 2 aliphatic rings. The van der Waals surface area contributed by atoms with E-state index in [4.69, 9.17) is 10.5 Å². The number of nitrogens with zero attached hydrogens (tertiary/aromatic N) is 1. The summed E-state index contributed by atoms with van der Waals surface area (Å²) >= 11 is 0. The molecule has 98 valence electrons. The van der Waals surface area contributed by atoms with Crippen molar-refractivity contribution in [3.63, 3.8) is 0 Å². The number of ether oxygens (including phenoxy) is 1. The molecule has 2 fully saturated rings. The summed E-state index contributed by atoms with van der Waals surface area (Å²) in [6.07, 6.45) is 4.06. The minimum atomic E-state index is 0.168. The first-order valence-electron chi connectivity index (χ1n) is 6.75. The van der Waals surface area contributed by atoms with Crippen molar-refractivity contribution in [2.45, 2.75) is 57.7 Å². The Morgan fingerprint density at radius 1 is 1.24 bits per heavy atom. The van der Waals surface area contributed by atoms with Crippen molar-refractivity contribution in [3.05, 3.63) is 0 Å². The first kappa shape index (κ1) is 12.8. The number of carbonyl (C=O) groups is 1. The second kappa shape index (κ2) is 5.36. The van der Waals surface area contributed by atoms with Crippen LogP contribution in [0.25, 0.3) is 0 Å². The van der Waals surface area contributed by atoms with Gasteiger partial charge < -0.3 is 15.4 Å². The van der Waals surface area contributed by atoms with Gasteiger partial charge in [0.05, 0.1) is 18.8 Å². The minimum Gasteiger partial charge on any atom is -0.375 e. The van der Waals surface area contributed by atoms with Gasteiger partial charge in [-0.25, -0.2) is 0 Å². The largest absolute Gasteiger partial charge is 0.375 e. The molecule has 2 atom stereocenters. The molecule has 1 saturated carbocycles. The molecule has 0 aromatic rings. The van der Waals surface area contributed by atoms with Crippen LogP contribution >= 0.6 is 0 Å². The second-order valence-electron chi connectivity index (χ2n) is 5.60. The molecule has 1 heterocycles. The Labute approximate surface area is 103 Å². The van der Waals surface area contributed by atoms with Crippen molar-refractivity contribution in [2.24, 2.45) is 11.7 Å². The molecule has 4 heteroatoms. The number of hydrogen-bond donors (Lipinski definition) is 1. The molecule has 2 rings (SSSR count). The van der Waals surface area contributed by atoms with Gasteiger partial charge >= 0.3 is 0 Å². The van der Waals surface area contributed by atoms with Crippen LogP contribution in [-0.4, -0.2) is 42.1 Å². The SMILES string of the molecule is CC1CN(C(=O)C2CCC(N)CC2)C(C)CO1. The van der Waals surface area contributed by atoms with E-state index >= 15 is 0 Å². The first-order valence-corrected chi connectivity index (χ1v) is 6.75. The molecule has 17 heavy (non-hydrogen) atoms. The van der Waals surface area contributed by atoms with Crippen molar-refractivity contribution in [2.75, 3.05) is 13.2 Å². The van der Waals surface area contributed by atoms with Crippen LogP contribution in [0.3, 0.4) is 0 Å². The quantitative estimate of drug-likeness (QED) is 0.748. The molecule has 2 N–H and O–H groups in total. The predicted molar refractivity (Wildman–Crippen MR) is 66.5 cm³/mol. The van der Waals surface area contributed by atoms with Crippen LogP contribution in [0.2, 0.25) is 0 Å². The molecular formula is C13H24N2O2. The third-order valence-corrected chi connectivity index (χ3v) is 4.01. The summed E-state index contributed by atoms with van der Waals surface area (Å²) in [4.78, 5) is 14.5. The van der Waals surface area contributed by atoms with Crippen molar-refractivity contribution in [3.8, 4) is 0 Å². The lowest BCUT2D eigenvalue weighted by Gasteiger charge is -2.39. The maximum Gasteiger partial charge on any atom is 0.226 e. The Kier molecular flexibility index (Phi) is 4.05. The van der Waals surface area contributed by atoms with E-state index in [1.54, 1.807) is 0 Å². The topological polar surface area (TPSA) is 55.6 Å². The third kappa shape index (κ3) is 2.99. The third-order valence-electron chi connectivity index (χ3n) is 4.01. The summed E-state index contributed by atoms with van der Waals surface area (Å²) < 4.78 is 5.56. The molecule has 2 unspecified atom stereocenters.